The molecule has 2 saturated heterocycles. The van der Waals surface area contributed by atoms with Gasteiger partial charge in [-0.2, -0.15) is 0 Å². The summed E-state index contributed by atoms with van der Waals surface area (Å²) in [6.45, 7) is 8.75. The van der Waals surface area contributed by atoms with Crippen LogP contribution in [-0.4, -0.2) is 66.9 Å². The predicted molar refractivity (Wildman–Crippen MR) is 81.9 cm³/mol. The minimum absolute atomic E-state index is 0.155. The molecule has 2 rings (SSSR count). The Morgan fingerprint density at radius 2 is 1.75 bits per heavy atom. The van der Waals surface area contributed by atoms with Crippen LogP contribution in [0.5, 0.6) is 0 Å². The van der Waals surface area contributed by atoms with Crippen molar-refractivity contribution in [2.45, 2.75) is 58.6 Å². The molecule has 2 heterocycles. The maximum absolute atomic E-state index is 10.7. The number of nitrogens with zero attached hydrogens (tertiary/aromatic N) is 2. The lowest BCUT2D eigenvalue weighted by molar-refractivity contribution is 0.101. The van der Waals surface area contributed by atoms with Gasteiger partial charge in [-0.3, -0.25) is 0 Å². The number of methoxy groups -OCH3 is 1. The highest BCUT2D eigenvalue weighted by atomic mass is 16.5. The van der Waals surface area contributed by atoms with Crippen molar-refractivity contribution in [1.29, 1.82) is 0 Å². The second-order valence-corrected chi connectivity index (χ2v) is 5.09. The van der Waals surface area contributed by atoms with Crippen molar-refractivity contribution < 1.29 is 14.6 Å². The summed E-state index contributed by atoms with van der Waals surface area (Å²) in [7, 11) is 3.49. The summed E-state index contributed by atoms with van der Waals surface area (Å²) in [5.41, 5.74) is 0. The first-order valence-corrected chi connectivity index (χ1v) is 7.77. The molecule has 0 aromatic carbocycles. The Labute approximate surface area is 123 Å². The van der Waals surface area contributed by atoms with E-state index in [0.29, 0.717) is 6.04 Å². The zero-order valence-electron chi connectivity index (χ0n) is 13.8. The Bertz CT molecular complexity index is 254. The summed E-state index contributed by atoms with van der Waals surface area (Å²) in [4.78, 5) is 14.7. The molecule has 0 bridgehead atoms. The number of likely N-dealkylation sites (N-methyl/N-ethyl adjacent to an activating group) is 1. The molecule has 0 aliphatic carbocycles. The largest absolute Gasteiger partial charge is 0.453 e. The second kappa shape index (κ2) is 10.9. The minimum Gasteiger partial charge on any atom is -0.453 e. The molecule has 0 spiro atoms. The quantitative estimate of drug-likeness (QED) is 0.804. The minimum atomic E-state index is -0.187. The van der Waals surface area contributed by atoms with Gasteiger partial charge in [0, 0.05) is 19.1 Å². The van der Waals surface area contributed by atoms with E-state index in [9.17, 15) is 9.90 Å². The summed E-state index contributed by atoms with van der Waals surface area (Å²) in [6, 6.07) is 0.421. The Kier molecular flexibility index (Phi) is 10.5. The number of carbonyl (C=O) groups is 1. The predicted octanol–water partition coefficient (Wildman–Crippen LogP) is 2.34. The van der Waals surface area contributed by atoms with Crippen LogP contribution in [0, 0.1) is 0 Å². The first kappa shape index (κ1) is 19.2. The average Bonchev–Trinajstić information content (AvgIpc) is 3.11. The molecule has 2 aliphatic rings. The maximum Gasteiger partial charge on any atom is 0.409 e. The molecule has 0 radical (unpaired) electrons. The third-order valence-corrected chi connectivity index (χ3v) is 3.67. The van der Waals surface area contributed by atoms with Gasteiger partial charge in [0.05, 0.1) is 13.2 Å². The number of hydrogen-bond acceptors (Lipinski definition) is 4. The number of rotatable bonds is 1. The van der Waals surface area contributed by atoms with Gasteiger partial charge in [-0.05, 0) is 46.2 Å². The molecule has 0 unspecified atom stereocenters. The number of ether oxygens (including phenoxy) is 1. The number of aliphatic hydroxyl groups is 1. The van der Waals surface area contributed by atoms with Crippen LogP contribution in [0.1, 0.15) is 46.5 Å². The first-order chi connectivity index (χ1) is 9.56. The van der Waals surface area contributed by atoms with E-state index in [0.717, 1.165) is 38.9 Å². The summed E-state index contributed by atoms with van der Waals surface area (Å²) < 4.78 is 4.52. The van der Waals surface area contributed by atoms with Gasteiger partial charge >= 0.3 is 6.09 Å². The topological polar surface area (TPSA) is 53.0 Å². The van der Waals surface area contributed by atoms with E-state index < -0.39 is 0 Å². The SMILES string of the molecule is CC.COC(=O)N1CCCC1.C[C@H](O)[C@@H]1CCCN1C. The standard InChI is InChI=1S/C7H15NO.C6H11NO2.C2H6/c1-6(9)7-4-3-5-8(7)2;1-9-6(8)7-4-2-3-5-7;1-2/h6-7,9H,3-5H2,1-2H3;2-5H2,1H3;1-2H3/t6-,7-;;/m0../s1. The van der Waals surface area contributed by atoms with Crippen molar-refractivity contribution in [2.24, 2.45) is 0 Å². The first-order valence-electron chi connectivity index (χ1n) is 7.77. The molecule has 120 valence electrons. The van der Waals surface area contributed by atoms with Crippen molar-refractivity contribution >= 4 is 6.09 Å². The fourth-order valence-corrected chi connectivity index (χ4v) is 2.57. The van der Waals surface area contributed by atoms with Crippen LogP contribution < -0.4 is 0 Å². The molecule has 20 heavy (non-hydrogen) atoms. The lowest BCUT2D eigenvalue weighted by Crippen LogP contribution is -2.34. The summed E-state index contributed by atoms with van der Waals surface area (Å²) in [5, 5.41) is 9.18. The molecule has 1 N–H and O–H groups in total. The Hall–Kier alpha value is -0.810. The van der Waals surface area contributed by atoms with Crippen molar-refractivity contribution in [1.82, 2.24) is 9.80 Å². The molecule has 0 aromatic rings. The van der Waals surface area contributed by atoms with Gasteiger partial charge in [0.2, 0.25) is 0 Å². The second-order valence-electron chi connectivity index (χ2n) is 5.09. The van der Waals surface area contributed by atoms with Crippen LogP contribution in [0.3, 0.4) is 0 Å². The Morgan fingerprint density at radius 3 is 2.05 bits per heavy atom. The summed E-state index contributed by atoms with van der Waals surface area (Å²) >= 11 is 0. The highest BCUT2D eigenvalue weighted by molar-refractivity contribution is 5.67. The monoisotopic (exact) mass is 288 g/mol. The van der Waals surface area contributed by atoms with Crippen molar-refractivity contribution in [3.8, 4) is 0 Å². The van der Waals surface area contributed by atoms with E-state index in [-0.39, 0.29) is 12.2 Å². The third kappa shape index (κ3) is 6.57. The Morgan fingerprint density at radius 1 is 1.20 bits per heavy atom. The molecule has 2 fully saturated rings. The lowest BCUT2D eigenvalue weighted by Gasteiger charge is -2.21. The molecule has 5 heteroatoms. The molecular weight excluding hydrogens is 256 g/mol. The van der Waals surface area contributed by atoms with E-state index >= 15 is 0 Å². The molecule has 5 nitrogen and oxygen atoms in total. The van der Waals surface area contributed by atoms with E-state index in [1.54, 1.807) is 4.90 Å². The van der Waals surface area contributed by atoms with Crippen LogP contribution in [0.2, 0.25) is 0 Å². The van der Waals surface area contributed by atoms with Gasteiger partial charge in [-0.15, -0.1) is 0 Å². The van der Waals surface area contributed by atoms with E-state index in [1.807, 2.05) is 20.8 Å². The van der Waals surface area contributed by atoms with E-state index in [2.05, 4.69) is 16.7 Å². The molecule has 0 saturated carbocycles. The number of hydrogen-bond donors (Lipinski definition) is 1. The molecule has 1 amide bonds. The zero-order chi connectivity index (χ0) is 15.5. The lowest BCUT2D eigenvalue weighted by atomic mass is 10.1. The van der Waals surface area contributed by atoms with Gasteiger partial charge in [-0.25, -0.2) is 4.79 Å². The molecule has 2 atom stereocenters. The van der Waals surface area contributed by atoms with Crippen molar-refractivity contribution in [2.75, 3.05) is 33.8 Å². The molecule has 0 aromatic heterocycles. The van der Waals surface area contributed by atoms with Crippen LogP contribution in [0.15, 0.2) is 0 Å². The molecular formula is C15H32N2O3. The fraction of sp³-hybridized carbons (Fsp3) is 0.933. The van der Waals surface area contributed by atoms with Gasteiger partial charge < -0.3 is 19.6 Å². The number of aliphatic hydroxyl groups excluding tert-OH is 1. The summed E-state index contributed by atoms with van der Waals surface area (Å²) in [6.07, 6.45) is 4.30. The normalized spacial score (nSPS) is 23.3. The van der Waals surface area contributed by atoms with Crippen molar-refractivity contribution in [3.63, 3.8) is 0 Å². The van der Waals surface area contributed by atoms with Gasteiger partial charge in [0.25, 0.3) is 0 Å². The molecule has 2 aliphatic heterocycles. The van der Waals surface area contributed by atoms with E-state index in [4.69, 9.17) is 0 Å². The highest BCUT2D eigenvalue weighted by Crippen LogP contribution is 2.17. The van der Waals surface area contributed by atoms with E-state index in [1.165, 1.54) is 13.5 Å². The summed E-state index contributed by atoms with van der Waals surface area (Å²) in [5.74, 6) is 0. The van der Waals surface area contributed by atoms with Crippen molar-refractivity contribution in [3.05, 3.63) is 0 Å². The van der Waals surface area contributed by atoms with Crippen LogP contribution in [0.25, 0.3) is 0 Å². The van der Waals surface area contributed by atoms with Crippen LogP contribution in [-0.2, 0) is 4.74 Å². The third-order valence-electron chi connectivity index (χ3n) is 3.67. The van der Waals surface area contributed by atoms with Crippen LogP contribution in [0.4, 0.5) is 4.79 Å². The Balaban J connectivity index is 0.000000321. The zero-order valence-corrected chi connectivity index (χ0v) is 13.8. The van der Waals surface area contributed by atoms with Gasteiger partial charge in [0.1, 0.15) is 0 Å². The maximum atomic E-state index is 10.7. The number of amides is 1. The van der Waals surface area contributed by atoms with Gasteiger partial charge in [-0.1, -0.05) is 13.8 Å². The fourth-order valence-electron chi connectivity index (χ4n) is 2.57. The smallest absolute Gasteiger partial charge is 0.409 e. The number of carbonyl (C=O) groups excluding carboxylic acids is 1. The van der Waals surface area contributed by atoms with Crippen LogP contribution >= 0.6 is 0 Å². The van der Waals surface area contributed by atoms with Gasteiger partial charge in [0.15, 0.2) is 0 Å². The number of likely N-dealkylation sites (tertiary alicyclic amines) is 2. The highest BCUT2D eigenvalue weighted by Gasteiger charge is 2.24. The average molecular weight is 288 g/mol.